The number of amides is 1. The third-order valence-corrected chi connectivity index (χ3v) is 2.03. The number of nitrogens with zero attached hydrogens (tertiary/aromatic N) is 1. The van der Waals surface area contributed by atoms with Crippen molar-refractivity contribution in [2.45, 2.75) is 6.92 Å². The van der Waals surface area contributed by atoms with Crippen molar-refractivity contribution in [3.8, 4) is 5.75 Å². The Morgan fingerprint density at radius 1 is 1.43 bits per heavy atom. The Balaban J connectivity index is 2.46. The van der Waals surface area contributed by atoms with Crippen LogP contribution >= 0.6 is 11.6 Å². The standard InChI is InChI=1S/C10H12ClNO2/c1-8(13)12(2)7-14-10-5-3-9(11)4-6-10/h3-6H,7H2,1-2H3. The van der Waals surface area contributed by atoms with E-state index in [2.05, 4.69) is 0 Å². The zero-order valence-electron chi connectivity index (χ0n) is 8.16. The molecule has 4 heteroatoms. The first-order chi connectivity index (χ1) is 6.59. The van der Waals surface area contributed by atoms with Gasteiger partial charge in [0.1, 0.15) is 5.75 Å². The molecule has 0 radical (unpaired) electrons. The summed E-state index contributed by atoms with van der Waals surface area (Å²) in [6.45, 7) is 1.74. The Labute approximate surface area is 88.2 Å². The summed E-state index contributed by atoms with van der Waals surface area (Å²) in [5, 5.41) is 0.664. The molecule has 0 bridgehead atoms. The summed E-state index contributed by atoms with van der Waals surface area (Å²) in [6.07, 6.45) is 0. The molecule has 0 saturated carbocycles. The maximum atomic E-state index is 10.8. The molecule has 0 aliphatic rings. The van der Waals surface area contributed by atoms with Crippen molar-refractivity contribution in [3.63, 3.8) is 0 Å². The smallest absolute Gasteiger partial charge is 0.221 e. The van der Waals surface area contributed by atoms with E-state index in [-0.39, 0.29) is 12.6 Å². The molecular formula is C10H12ClNO2. The average molecular weight is 214 g/mol. The van der Waals surface area contributed by atoms with E-state index < -0.39 is 0 Å². The predicted molar refractivity (Wildman–Crippen MR) is 55.4 cm³/mol. The van der Waals surface area contributed by atoms with Gasteiger partial charge in [-0.3, -0.25) is 4.79 Å². The fraction of sp³-hybridized carbons (Fsp3) is 0.300. The van der Waals surface area contributed by atoms with Gasteiger partial charge in [-0.2, -0.15) is 0 Å². The van der Waals surface area contributed by atoms with Crippen LogP contribution in [0.5, 0.6) is 5.75 Å². The van der Waals surface area contributed by atoms with Crippen LogP contribution in [0.3, 0.4) is 0 Å². The van der Waals surface area contributed by atoms with Gasteiger partial charge in [0.05, 0.1) is 0 Å². The second-order valence-electron chi connectivity index (χ2n) is 2.94. The van der Waals surface area contributed by atoms with Crippen molar-refractivity contribution < 1.29 is 9.53 Å². The van der Waals surface area contributed by atoms with Crippen LogP contribution in [-0.4, -0.2) is 24.6 Å². The molecule has 0 N–H and O–H groups in total. The maximum Gasteiger partial charge on any atom is 0.221 e. The van der Waals surface area contributed by atoms with Gasteiger partial charge in [0.25, 0.3) is 0 Å². The molecule has 76 valence electrons. The number of ether oxygens (including phenoxy) is 1. The number of hydrogen-bond donors (Lipinski definition) is 0. The molecule has 0 atom stereocenters. The molecule has 0 heterocycles. The van der Waals surface area contributed by atoms with E-state index in [1.54, 1.807) is 31.3 Å². The highest BCUT2D eigenvalue weighted by Gasteiger charge is 2.01. The first kappa shape index (κ1) is 10.9. The fourth-order valence-electron chi connectivity index (χ4n) is 0.793. The summed E-state index contributed by atoms with van der Waals surface area (Å²) in [5.41, 5.74) is 0. The van der Waals surface area contributed by atoms with Crippen LogP contribution in [0.25, 0.3) is 0 Å². The van der Waals surface area contributed by atoms with E-state index in [4.69, 9.17) is 16.3 Å². The van der Waals surface area contributed by atoms with Crippen LogP contribution < -0.4 is 4.74 Å². The minimum Gasteiger partial charge on any atom is -0.473 e. The van der Waals surface area contributed by atoms with Crippen molar-refractivity contribution in [2.24, 2.45) is 0 Å². The lowest BCUT2D eigenvalue weighted by Gasteiger charge is -2.15. The second-order valence-corrected chi connectivity index (χ2v) is 3.38. The van der Waals surface area contributed by atoms with Crippen LogP contribution in [0.1, 0.15) is 6.92 Å². The summed E-state index contributed by atoms with van der Waals surface area (Å²) in [4.78, 5) is 12.3. The third-order valence-electron chi connectivity index (χ3n) is 1.78. The van der Waals surface area contributed by atoms with E-state index in [1.165, 1.54) is 11.8 Å². The molecule has 0 fully saturated rings. The normalized spacial score (nSPS) is 9.64. The van der Waals surface area contributed by atoms with Crippen molar-refractivity contribution >= 4 is 17.5 Å². The van der Waals surface area contributed by atoms with Crippen LogP contribution in [0.4, 0.5) is 0 Å². The largest absolute Gasteiger partial charge is 0.473 e. The molecule has 0 aromatic heterocycles. The molecule has 0 saturated heterocycles. The SMILES string of the molecule is CC(=O)N(C)COc1ccc(Cl)cc1. The number of carbonyl (C=O) groups is 1. The second kappa shape index (κ2) is 4.86. The molecule has 0 aliphatic carbocycles. The topological polar surface area (TPSA) is 29.5 Å². The first-order valence-electron chi connectivity index (χ1n) is 4.19. The fourth-order valence-corrected chi connectivity index (χ4v) is 0.919. The van der Waals surface area contributed by atoms with Crippen LogP contribution in [-0.2, 0) is 4.79 Å². The lowest BCUT2D eigenvalue weighted by Crippen LogP contribution is -2.28. The van der Waals surface area contributed by atoms with Gasteiger partial charge in [-0.05, 0) is 24.3 Å². The van der Waals surface area contributed by atoms with Gasteiger partial charge in [-0.1, -0.05) is 11.6 Å². The Kier molecular flexibility index (Phi) is 3.77. The monoisotopic (exact) mass is 213 g/mol. The molecule has 0 spiro atoms. The minimum atomic E-state index is -0.0287. The Morgan fingerprint density at radius 3 is 2.50 bits per heavy atom. The van der Waals surface area contributed by atoms with Crippen molar-refractivity contribution in [1.82, 2.24) is 4.90 Å². The zero-order chi connectivity index (χ0) is 10.6. The zero-order valence-corrected chi connectivity index (χ0v) is 8.91. The van der Waals surface area contributed by atoms with Crippen molar-refractivity contribution in [1.29, 1.82) is 0 Å². The summed E-state index contributed by atoms with van der Waals surface area (Å²) >= 11 is 5.70. The quantitative estimate of drug-likeness (QED) is 0.721. The van der Waals surface area contributed by atoms with Gasteiger partial charge in [0, 0.05) is 19.0 Å². The van der Waals surface area contributed by atoms with Crippen molar-refractivity contribution in [2.75, 3.05) is 13.8 Å². The summed E-state index contributed by atoms with van der Waals surface area (Å²) < 4.78 is 5.33. The molecule has 1 amide bonds. The highest BCUT2D eigenvalue weighted by atomic mass is 35.5. The highest BCUT2D eigenvalue weighted by molar-refractivity contribution is 6.30. The number of halogens is 1. The van der Waals surface area contributed by atoms with Crippen LogP contribution in [0, 0.1) is 0 Å². The molecule has 1 aromatic carbocycles. The van der Waals surface area contributed by atoms with E-state index >= 15 is 0 Å². The van der Waals surface area contributed by atoms with Gasteiger partial charge < -0.3 is 9.64 Å². The maximum absolute atomic E-state index is 10.8. The van der Waals surface area contributed by atoms with Crippen LogP contribution in [0.2, 0.25) is 5.02 Å². The molecule has 3 nitrogen and oxygen atoms in total. The molecule has 0 aliphatic heterocycles. The van der Waals surface area contributed by atoms with Gasteiger partial charge in [-0.25, -0.2) is 0 Å². The molecule has 1 rings (SSSR count). The minimum absolute atomic E-state index is 0.0287. The summed E-state index contributed by atoms with van der Waals surface area (Å²) in [5.74, 6) is 0.668. The lowest BCUT2D eigenvalue weighted by atomic mass is 10.3. The van der Waals surface area contributed by atoms with Gasteiger partial charge in [-0.15, -0.1) is 0 Å². The van der Waals surface area contributed by atoms with Crippen LogP contribution in [0.15, 0.2) is 24.3 Å². The van der Waals surface area contributed by atoms with E-state index in [0.717, 1.165) is 0 Å². The van der Waals surface area contributed by atoms with Gasteiger partial charge in [0.15, 0.2) is 6.73 Å². The van der Waals surface area contributed by atoms with Gasteiger partial charge in [0.2, 0.25) is 5.91 Å². The van der Waals surface area contributed by atoms with Crippen molar-refractivity contribution in [3.05, 3.63) is 29.3 Å². The molecular weight excluding hydrogens is 202 g/mol. The third kappa shape index (κ3) is 3.26. The Hall–Kier alpha value is -1.22. The molecule has 1 aromatic rings. The first-order valence-corrected chi connectivity index (χ1v) is 4.57. The lowest BCUT2D eigenvalue weighted by molar-refractivity contribution is -0.130. The Morgan fingerprint density at radius 2 is 2.00 bits per heavy atom. The highest BCUT2D eigenvalue weighted by Crippen LogP contribution is 2.15. The molecule has 14 heavy (non-hydrogen) atoms. The summed E-state index contributed by atoms with van der Waals surface area (Å²) in [6, 6.07) is 7.00. The average Bonchev–Trinajstić information content (AvgIpc) is 2.16. The number of hydrogen-bond acceptors (Lipinski definition) is 2. The Bertz CT molecular complexity index is 310. The van der Waals surface area contributed by atoms with E-state index in [9.17, 15) is 4.79 Å². The number of benzene rings is 1. The summed E-state index contributed by atoms with van der Waals surface area (Å²) in [7, 11) is 1.68. The van der Waals surface area contributed by atoms with E-state index in [0.29, 0.717) is 10.8 Å². The predicted octanol–water partition coefficient (Wildman–Crippen LogP) is 2.15. The molecule has 0 unspecified atom stereocenters. The van der Waals surface area contributed by atoms with Gasteiger partial charge >= 0.3 is 0 Å². The number of rotatable bonds is 3. The number of carbonyl (C=O) groups excluding carboxylic acids is 1. The van der Waals surface area contributed by atoms with E-state index in [1.807, 2.05) is 0 Å².